The van der Waals surface area contributed by atoms with E-state index in [-0.39, 0.29) is 13.0 Å². The third-order valence-electron chi connectivity index (χ3n) is 1.94. The fraction of sp³-hybridized carbons (Fsp3) is 0.667. The van der Waals surface area contributed by atoms with Crippen molar-refractivity contribution >= 4 is 18.0 Å². The first kappa shape index (κ1) is 14.2. The second-order valence-corrected chi connectivity index (χ2v) is 3.18. The summed E-state index contributed by atoms with van der Waals surface area (Å²) in [6.07, 6.45) is 0.271. The van der Waals surface area contributed by atoms with Gasteiger partial charge < -0.3 is 20.1 Å². The highest BCUT2D eigenvalue weighted by molar-refractivity contribution is 5.84. The first-order valence-electron chi connectivity index (χ1n) is 4.73. The molecule has 2 N–H and O–H groups in total. The fourth-order valence-electron chi connectivity index (χ4n) is 0.928. The van der Waals surface area contributed by atoms with Crippen molar-refractivity contribution in [2.75, 3.05) is 20.7 Å². The smallest absolute Gasteiger partial charge is 0.326 e. The molecule has 0 bridgehead atoms. The lowest BCUT2D eigenvalue weighted by Gasteiger charge is -2.19. The lowest BCUT2D eigenvalue weighted by molar-refractivity contribution is -0.141. The molecule has 0 unspecified atom stereocenters. The van der Waals surface area contributed by atoms with Gasteiger partial charge in [0.2, 0.25) is 0 Å². The zero-order chi connectivity index (χ0) is 12.7. The van der Waals surface area contributed by atoms with Crippen LogP contribution in [0.15, 0.2) is 0 Å². The molecule has 7 heteroatoms. The van der Waals surface area contributed by atoms with Crippen LogP contribution in [0.25, 0.3) is 0 Å². The molecule has 92 valence electrons. The van der Waals surface area contributed by atoms with Gasteiger partial charge in [-0.2, -0.15) is 0 Å². The second-order valence-electron chi connectivity index (χ2n) is 3.18. The maximum Gasteiger partial charge on any atom is 0.326 e. The summed E-state index contributed by atoms with van der Waals surface area (Å²) in [6.45, 7) is 1.41. The first-order valence-corrected chi connectivity index (χ1v) is 4.73. The van der Waals surface area contributed by atoms with Crippen molar-refractivity contribution in [1.82, 2.24) is 10.2 Å². The number of likely N-dealkylation sites (N-methyl/N-ethyl adjacent to an activating group) is 1. The van der Waals surface area contributed by atoms with Crippen molar-refractivity contribution in [3.05, 3.63) is 0 Å². The average Bonchev–Trinajstić information content (AvgIpc) is 2.24. The lowest BCUT2D eigenvalue weighted by atomic mass is 10.2. The Morgan fingerprint density at radius 1 is 1.44 bits per heavy atom. The van der Waals surface area contributed by atoms with E-state index in [0.29, 0.717) is 0 Å². The van der Waals surface area contributed by atoms with Crippen LogP contribution in [-0.4, -0.2) is 54.7 Å². The summed E-state index contributed by atoms with van der Waals surface area (Å²) in [7, 11) is 2.58. The summed E-state index contributed by atoms with van der Waals surface area (Å²) in [6, 6.07) is -1.58. The van der Waals surface area contributed by atoms with Gasteiger partial charge in [-0.25, -0.2) is 9.59 Å². The molecule has 0 heterocycles. The van der Waals surface area contributed by atoms with Crippen molar-refractivity contribution in [1.29, 1.82) is 0 Å². The summed E-state index contributed by atoms with van der Waals surface area (Å²) < 4.78 is 4.37. The standard InChI is InChI=1S/C9H16N2O5/c1-4-6(8(13)14)10-9(15)11(2)5-7(12)16-3/h6H,4-5H2,1-3H3,(H,10,15)(H,13,14)/t6-/m1/s1. The Bertz CT molecular complexity index is 279. The molecule has 0 aliphatic heterocycles. The van der Waals surface area contributed by atoms with E-state index in [9.17, 15) is 14.4 Å². The Kier molecular flexibility index (Phi) is 5.91. The summed E-state index contributed by atoms with van der Waals surface area (Å²) in [4.78, 5) is 34.0. The normalized spacial score (nSPS) is 11.4. The van der Waals surface area contributed by atoms with Gasteiger partial charge in [-0.3, -0.25) is 4.79 Å². The molecule has 0 radical (unpaired) electrons. The van der Waals surface area contributed by atoms with E-state index in [1.54, 1.807) is 6.92 Å². The molecule has 0 spiro atoms. The third-order valence-corrected chi connectivity index (χ3v) is 1.94. The number of rotatable bonds is 5. The van der Waals surface area contributed by atoms with E-state index in [2.05, 4.69) is 10.1 Å². The highest BCUT2D eigenvalue weighted by atomic mass is 16.5. The first-order chi connectivity index (χ1) is 7.42. The van der Waals surface area contributed by atoms with Gasteiger partial charge in [0, 0.05) is 7.05 Å². The molecule has 0 fully saturated rings. The van der Waals surface area contributed by atoms with Gasteiger partial charge >= 0.3 is 18.0 Å². The number of hydrogen-bond acceptors (Lipinski definition) is 4. The van der Waals surface area contributed by atoms with Crippen molar-refractivity contribution in [3.8, 4) is 0 Å². The van der Waals surface area contributed by atoms with Gasteiger partial charge in [-0.05, 0) is 6.42 Å². The van der Waals surface area contributed by atoms with Crippen LogP contribution in [-0.2, 0) is 14.3 Å². The van der Waals surface area contributed by atoms with Crippen LogP contribution in [0.4, 0.5) is 4.79 Å². The molecule has 0 rings (SSSR count). The Morgan fingerprint density at radius 3 is 2.38 bits per heavy atom. The van der Waals surface area contributed by atoms with E-state index >= 15 is 0 Å². The minimum Gasteiger partial charge on any atom is -0.480 e. The predicted octanol–water partition coefficient (Wildman–Crippen LogP) is -0.336. The van der Waals surface area contributed by atoms with E-state index in [1.807, 2.05) is 0 Å². The number of aliphatic carboxylic acids is 1. The second kappa shape index (κ2) is 6.65. The molecule has 0 aromatic rings. The van der Waals surface area contributed by atoms with Gasteiger partial charge in [0.05, 0.1) is 7.11 Å². The fourth-order valence-corrected chi connectivity index (χ4v) is 0.928. The van der Waals surface area contributed by atoms with Gasteiger partial charge in [0.25, 0.3) is 0 Å². The zero-order valence-electron chi connectivity index (χ0n) is 9.52. The van der Waals surface area contributed by atoms with Crippen molar-refractivity contribution in [2.45, 2.75) is 19.4 Å². The molecule has 0 aliphatic carbocycles. The molecular formula is C9H16N2O5. The Hall–Kier alpha value is -1.79. The molecule has 0 aromatic heterocycles. The van der Waals surface area contributed by atoms with Gasteiger partial charge in [0.15, 0.2) is 0 Å². The van der Waals surface area contributed by atoms with Crippen LogP contribution >= 0.6 is 0 Å². The van der Waals surface area contributed by atoms with Crippen molar-refractivity contribution < 1.29 is 24.2 Å². The number of nitrogens with one attached hydrogen (secondary N) is 1. The van der Waals surface area contributed by atoms with E-state index < -0.39 is 24.0 Å². The summed E-state index contributed by atoms with van der Waals surface area (Å²) in [5, 5.41) is 11.0. The molecule has 2 amide bonds. The average molecular weight is 232 g/mol. The summed E-state index contributed by atoms with van der Waals surface area (Å²) >= 11 is 0. The Morgan fingerprint density at radius 2 is 2.00 bits per heavy atom. The number of nitrogens with zero attached hydrogens (tertiary/aromatic N) is 1. The molecule has 0 aromatic carbocycles. The van der Waals surface area contributed by atoms with Crippen molar-refractivity contribution in [2.24, 2.45) is 0 Å². The number of amides is 2. The van der Waals surface area contributed by atoms with E-state index in [4.69, 9.17) is 5.11 Å². The third kappa shape index (κ3) is 4.63. The van der Waals surface area contributed by atoms with Crippen LogP contribution in [0.2, 0.25) is 0 Å². The van der Waals surface area contributed by atoms with Crippen LogP contribution < -0.4 is 5.32 Å². The SMILES string of the molecule is CC[C@@H](NC(=O)N(C)CC(=O)OC)C(=O)O. The number of carboxylic acid groups (broad SMARTS) is 1. The van der Waals surface area contributed by atoms with Crippen LogP contribution in [0.1, 0.15) is 13.3 Å². The maximum atomic E-state index is 11.4. The van der Waals surface area contributed by atoms with Gasteiger partial charge in [0.1, 0.15) is 12.6 Å². The number of hydrogen-bond donors (Lipinski definition) is 2. The number of esters is 1. The molecule has 1 atom stereocenters. The van der Waals surface area contributed by atoms with E-state index in [1.165, 1.54) is 14.2 Å². The Labute approximate surface area is 93.4 Å². The molecule has 16 heavy (non-hydrogen) atoms. The van der Waals surface area contributed by atoms with Gasteiger partial charge in [-0.1, -0.05) is 6.92 Å². The maximum absolute atomic E-state index is 11.4. The number of methoxy groups -OCH3 is 1. The number of ether oxygens (including phenoxy) is 1. The number of carbonyl (C=O) groups excluding carboxylic acids is 2. The lowest BCUT2D eigenvalue weighted by Crippen LogP contribution is -2.47. The number of carboxylic acids is 1. The minimum atomic E-state index is -1.11. The molecular weight excluding hydrogens is 216 g/mol. The van der Waals surface area contributed by atoms with Crippen LogP contribution in [0.3, 0.4) is 0 Å². The monoisotopic (exact) mass is 232 g/mol. The highest BCUT2D eigenvalue weighted by Crippen LogP contribution is 1.94. The van der Waals surface area contributed by atoms with Gasteiger partial charge in [-0.15, -0.1) is 0 Å². The van der Waals surface area contributed by atoms with Crippen LogP contribution in [0, 0.1) is 0 Å². The number of urea groups is 1. The minimum absolute atomic E-state index is 0.224. The molecule has 0 aliphatic rings. The zero-order valence-corrected chi connectivity index (χ0v) is 9.52. The molecule has 0 saturated heterocycles. The molecule has 0 saturated carbocycles. The predicted molar refractivity (Wildman–Crippen MR) is 54.9 cm³/mol. The highest BCUT2D eigenvalue weighted by Gasteiger charge is 2.20. The van der Waals surface area contributed by atoms with Crippen molar-refractivity contribution in [3.63, 3.8) is 0 Å². The molecule has 7 nitrogen and oxygen atoms in total. The quantitative estimate of drug-likeness (QED) is 0.632. The summed E-state index contributed by atoms with van der Waals surface area (Å²) in [5.74, 6) is -1.68. The van der Waals surface area contributed by atoms with Crippen LogP contribution in [0.5, 0.6) is 0 Å². The topological polar surface area (TPSA) is 95.9 Å². The largest absolute Gasteiger partial charge is 0.480 e. The number of carbonyl (C=O) groups is 3. The Balaban J connectivity index is 4.23. The summed E-state index contributed by atoms with van der Waals surface area (Å²) in [5.41, 5.74) is 0. The van der Waals surface area contributed by atoms with E-state index in [0.717, 1.165) is 4.90 Å².